The third-order valence-electron chi connectivity index (χ3n) is 4.17. The molecule has 0 aliphatic carbocycles. The van der Waals surface area contributed by atoms with Crippen molar-refractivity contribution in [2.24, 2.45) is 0 Å². The lowest BCUT2D eigenvalue weighted by Gasteiger charge is -2.12. The summed E-state index contributed by atoms with van der Waals surface area (Å²) < 4.78 is 24.7. The average Bonchev–Trinajstić information content (AvgIpc) is 2.96. The smallest absolute Gasteiger partial charge is 0.293 e. The van der Waals surface area contributed by atoms with Gasteiger partial charge < -0.3 is 9.47 Å². The summed E-state index contributed by atoms with van der Waals surface area (Å²) in [5.74, 6) is -0.0661. The summed E-state index contributed by atoms with van der Waals surface area (Å²) in [6.07, 6.45) is 2.25. The number of ether oxygens (including phenoxy) is 2. The summed E-state index contributed by atoms with van der Waals surface area (Å²) in [5, 5.41) is -0.291. The Morgan fingerprint density at radius 3 is 2.66 bits per heavy atom. The molecule has 152 valence electrons. The van der Waals surface area contributed by atoms with Crippen molar-refractivity contribution >= 4 is 44.9 Å². The van der Waals surface area contributed by atoms with Crippen LogP contribution in [0.1, 0.15) is 17.5 Å². The van der Waals surface area contributed by atoms with Crippen molar-refractivity contribution < 1.29 is 23.5 Å². The van der Waals surface area contributed by atoms with E-state index in [4.69, 9.17) is 9.47 Å². The van der Waals surface area contributed by atoms with Crippen LogP contribution in [0.2, 0.25) is 0 Å². The Kier molecular flexibility index (Phi) is 7.46. The van der Waals surface area contributed by atoms with E-state index in [2.05, 4.69) is 15.9 Å². The molecule has 8 heteroatoms. The summed E-state index contributed by atoms with van der Waals surface area (Å²) in [6, 6.07) is 11.5. The first-order chi connectivity index (χ1) is 14.0. The summed E-state index contributed by atoms with van der Waals surface area (Å²) in [5.41, 5.74) is 1.49. The fraction of sp³-hybridized carbons (Fsp3) is 0.238. The molecule has 0 bridgehead atoms. The highest BCUT2D eigenvalue weighted by molar-refractivity contribution is 9.10. The highest BCUT2D eigenvalue weighted by Crippen LogP contribution is 2.35. The molecular formula is C21H19BrFNO4S. The summed E-state index contributed by atoms with van der Waals surface area (Å²) in [7, 11) is 1.58. The van der Waals surface area contributed by atoms with Crippen LogP contribution < -0.4 is 4.74 Å². The van der Waals surface area contributed by atoms with Gasteiger partial charge in [-0.1, -0.05) is 28.1 Å². The van der Waals surface area contributed by atoms with E-state index < -0.39 is 0 Å². The number of nitrogens with zero attached hydrogens (tertiary/aromatic N) is 1. The van der Waals surface area contributed by atoms with Gasteiger partial charge in [0.2, 0.25) is 0 Å². The second kappa shape index (κ2) is 10.0. The van der Waals surface area contributed by atoms with Gasteiger partial charge >= 0.3 is 0 Å². The number of rotatable bonds is 8. The van der Waals surface area contributed by atoms with Crippen molar-refractivity contribution in [2.75, 3.05) is 20.3 Å². The minimum absolute atomic E-state index is 0.251. The van der Waals surface area contributed by atoms with Crippen LogP contribution in [0.15, 0.2) is 51.8 Å². The van der Waals surface area contributed by atoms with Crippen LogP contribution in [0, 0.1) is 5.82 Å². The second-order valence-electron chi connectivity index (χ2n) is 6.28. The molecule has 0 spiro atoms. The Morgan fingerprint density at radius 1 is 1.17 bits per heavy atom. The molecule has 2 aromatic carbocycles. The van der Waals surface area contributed by atoms with Gasteiger partial charge in [0, 0.05) is 30.3 Å². The third-order valence-corrected chi connectivity index (χ3v) is 5.57. The number of methoxy groups -OCH3 is 1. The molecule has 0 saturated carbocycles. The fourth-order valence-electron chi connectivity index (χ4n) is 2.71. The van der Waals surface area contributed by atoms with Crippen molar-refractivity contribution in [2.45, 2.75) is 13.0 Å². The Morgan fingerprint density at radius 2 is 1.93 bits per heavy atom. The first-order valence-corrected chi connectivity index (χ1v) is 10.5. The van der Waals surface area contributed by atoms with E-state index >= 15 is 0 Å². The molecular weight excluding hydrogens is 461 g/mol. The number of hydrogen-bond donors (Lipinski definition) is 0. The number of hydrogen-bond acceptors (Lipinski definition) is 5. The van der Waals surface area contributed by atoms with Crippen LogP contribution in [0.5, 0.6) is 5.75 Å². The van der Waals surface area contributed by atoms with E-state index in [9.17, 15) is 14.0 Å². The van der Waals surface area contributed by atoms with E-state index in [0.717, 1.165) is 21.8 Å². The van der Waals surface area contributed by atoms with Gasteiger partial charge in [0.1, 0.15) is 18.2 Å². The molecule has 1 heterocycles. The van der Waals surface area contributed by atoms with Crippen molar-refractivity contribution in [3.8, 4) is 5.75 Å². The first-order valence-electron chi connectivity index (χ1n) is 8.89. The zero-order chi connectivity index (χ0) is 20.8. The van der Waals surface area contributed by atoms with Gasteiger partial charge in [0.05, 0.1) is 4.91 Å². The fourth-order valence-corrected chi connectivity index (χ4v) is 3.94. The number of thioether (sulfide) groups is 1. The third kappa shape index (κ3) is 5.68. The van der Waals surface area contributed by atoms with E-state index in [1.54, 1.807) is 31.4 Å². The van der Waals surface area contributed by atoms with Crippen molar-refractivity contribution in [1.82, 2.24) is 4.90 Å². The van der Waals surface area contributed by atoms with E-state index in [1.165, 1.54) is 17.0 Å². The standard InChI is InChI=1S/C21H19BrFNO4S/c1-27-10-2-9-24-20(25)19(29-21(24)26)12-15-11-16(22)5-8-18(15)28-13-14-3-6-17(23)7-4-14/h3-8,11-12H,2,9-10,13H2,1H3/b19-12+. The molecule has 1 fully saturated rings. The average molecular weight is 480 g/mol. The first kappa shape index (κ1) is 21.5. The monoisotopic (exact) mass is 479 g/mol. The van der Waals surface area contributed by atoms with Crippen molar-refractivity contribution in [3.05, 3.63) is 68.8 Å². The summed E-state index contributed by atoms with van der Waals surface area (Å²) in [4.78, 5) is 26.4. The van der Waals surface area contributed by atoms with Crippen LogP contribution in [0.25, 0.3) is 6.08 Å². The normalized spacial score (nSPS) is 15.4. The quantitative estimate of drug-likeness (QED) is 0.382. The maximum absolute atomic E-state index is 13.1. The minimum Gasteiger partial charge on any atom is -0.488 e. The van der Waals surface area contributed by atoms with Gasteiger partial charge in [-0.05, 0) is 60.2 Å². The molecule has 1 saturated heterocycles. The van der Waals surface area contributed by atoms with Gasteiger partial charge in [-0.15, -0.1) is 0 Å². The second-order valence-corrected chi connectivity index (χ2v) is 8.19. The highest BCUT2D eigenvalue weighted by Gasteiger charge is 2.34. The van der Waals surface area contributed by atoms with Crippen LogP contribution >= 0.6 is 27.7 Å². The maximum atomic E-state index is 13.1. The molecule has 2 aromatic rings. The van der Waals surface area contributed by atoms with Gasteiger partial charge in [-0.3, -0.25) is 14.5 Å². The molecule has 1 aliphatic rings. The lowest BCUT2D eigenvalue weighted by molar-refractivity contribution is -0.122. The van der Waals surface area contributed by atoms with Gasteiger partial charge in [0.15, 0.2) is 0 Å². The van der Waals surface area contributed by atoms with Crippen molar-refractivity contribution in [3.63, 3.8) is 0 Å². The SMILES string of the molecule is COCCCN1C(=O)S/C(=C/c2cc(Br)ccc2OCc2ccc(F)cc2)C1=O. The van der Waals surface area contributed by atoms with Gasteiger partial charge in [-0.25, -0.2) is 4.39 Å². The molecule has 29 heavy (non-hydrogen) atoms. The molecule has 0 radical (unpaired) electrons. The predicted octanol–water partition coefficient (Wildman–Crippen LogP) is 5.24. The topological polar surface area (TPSA) is 55.8 Å². The lowest BCUT2D eigenvalue weighted by atomic mass is 10.1. The number of benzene rings is 2. The summed E-state index contributed by atoms with van der Waals surface area (Å²) >= 11 is 4.33. The Hall–Kier alpha value is -2.16. The zero-order valence-electron chi connectivity index (χ0n) is 15.7. The number of imide groups is 1. The zero-order valence-corrected chi connectivity index (χ0v) is 18.1. The molecule has 0 N–H and O–H groups in total. The minimum atomic E-state index is -0.319. The van der Waals surface area contributed by atoms with E-state index in [0.29, 0.717) is 35.8 Å². The Bertz CT molecular complexity index is 933. The Balaban J connectivity index is 1.77. The number of halogens is 2. The van der Waals surface area contributed by atoms with Crippen LogP contribution in [-0.4, -0.2) is 36.3 Å². The molecule has 1 aliphatic heterocycles. The molecule has 3 rings (SSSR count). The highest BCUT2D eigenvalue weighted by atomic mass is 79.9. The van der Waals surface area contributed by atoms with Gasteiger partial charge in [-0.2, -0.15) is 0 Å². The molecule has 0 aromatic heterocycles. The number of carbonyl (C=O) groups is 2. The molecule has 0 atom stereocenters. The molecule has 5 nitrogen and oxygen atoms in total. The lowest BCUT2D eigenvalue weighted by Crippen LogP contribution is -2.29. The predicted molar refractivity (Wildman–Crippen MR) is 114 cm³/mol. The summed E-state index contributed by atoms with van der Waals surface area (Å²) in [6.45, 7) is 1.05. The van der Waals surface area contributed by atoms with E-state index in [-0.39, 0.29) is 23.6 Å². The number of amides is 2. The maximum Gasteiger partial charge on any atom is 0.293 e. The van der Waals surface area contributed by atoms with Crippen LogP contribution in [0.4, 0.5) is 9.18 Å². The van der Waals surface area contributed by atoms with Crippen LogP contribution in [-0.2, 0) is 16.1 Å². The van der Waals surface area contributed by atoms with Gasteiger partial charge in [0.25, 0.3) is 11.1 Å². The van der Waals surface area contributed by atoms with Crippen LogP contribution in [0.3, 0.4) is 0 Å². The number of carbonyl (C=O) groups excluding carboxylic acids is 2. The van der Waals surface area contributed by atoms with Crippen molar-refractivity contribution in [1.29, 1.82) is 0 Å². The molecule has 0 unspecified atom stereocenters. The Labute approximate surface area is 181 Å². The molecule has 2 amide bonds. The van der Waals surface area contributed by atoms with E-state index in [1.807, 2.05) is 12.1 Å². The largest absolute Gasteiger partial charge is 0.488 e.